The van der Waals surface area contributed by atoms with Gasteiger partial charge in [-0.3, -0.25) is 9.97 Å². The van der Waals surface area contributed by atoms with Crippen molar-refractivity contribution in [1.29, 1.82) is 0 Å². The molecule has 9 aromatic rings. The Labute approximate surface area is 205 Å². The van der Waals surface area contributed by atoms with Crippen LogP contribution in [0.1, 0.15) is 0 Å². The van der Waals surface area contributed by atoms with Crippen LogP contribution >= 0.6 is 0 Å². The highest BCUT2D eigenvalue weighted by Crippen LogP contribution is 2.46. The molecule has 0 atom stereocenters. The number of hydrogen-bond acceptors (Lipinski definition) is 2. The van der Waals surface area contributed by atoms with Crippen molar-refractivity contribution < 1.29 is 0 Å². The van der Waals surface area contributed by atoms with E-state index in [4.69, 9.17) is 0 Å². The Kier molecular flexibility index (Phi) is 3.25. The summed E-state index contributed by atoms with van der Waals surface area (Å²) in [5, 5.41) is 9.99. The maximum absolute atomic E-state index is 4.51. The van der Waals surface area contributed by atoms with Crippen molar-refractivity contribution in [1.82, 2.24) is 18.9 Å². The molecule has 9 rings (SSSR count). The Morgan fingerprint density at radius 2 is 1.17 bits per heavy atom. The predicted molar refractivity (Wildman–Crippen MR) is 149 cm³/mol. The van der Waals surface area contributed by atoms with Gasteiger partial charge in [0.25, 0.3) is 0 Å². The van der Waals surface area contributed by atoms with E-state index < -0.39 is 0 Å². The Morgan fingerprint density at radius 3 is 1.97 bits per heavy atom. The van der Waals surface area contributed by atoms with Crippen LogP contribution in [0.5, 0.6) is 0 Å². The second kappa shape index (κ2) is 6.37. The van der Waals surface area contributed by atoms with Gasteiger partial charge >= 0.3 is 0 Å². The lowest BCUT2D eigenvalue weighted by Gasteiger charge is -2.09. The van der Waals surface area contributed by atoms with E-state index in [0.29, 0.717) is 0 Å². The average Bonchev–Trinajstić information content (AvgIpc) is 3.56. The largest absolute Gasteiger partial charge is 0.309 e. The van der Waals surface area contributed by atoms with Gasteiger partial charge in [-0.15, -0.1) is 0 Å². The highest BCUT2D eigenvalue weighted by Gasteiger charge is 2.24. The van der Waals surface area contributed by atoms with Crippen LogP contribution in [0.4, 0.5) is 0 Å². The number of hydrogen-bond donors (Lipinski definition) is 0. The van der Waals surface area contributed by atoms with Crippen LogP contribution in [0, 0.1) is 0 Å². The molecule has 4 nitrogen and oxygen atoms in total. The van der Waals surface area contributed by atoms with Gasteiger partial charge in [0.2, 0.25) is 0 Å². The molecule has 0 spiro atoms. The zero-order valence-corrected chi connectivity index (χ0v) is 19.2. The van der Waals surface area contributed by atoms with E-state index >= 15 is 0 Å². The molecule has 0 aliphatic heterocycles. The highest BCUT2D eigenvalue weighted by molar-refractivity contribution is 6.34. The second-order valence-electron chi connectivity index (χ2n) is 9.55. The zero-order valence-electron chi connectivity index (χ0n) is 19.2. The first-order valence-electron chi connectivity index (χ1n) is 12.2. The summed E-state index contributed by atoms with van der Waals surface area (Å²) >= 11 is 0. The summed E-state index contributed by atoms with van der Waals surface area (Å²) in [7, 11) is 0. The van der Waals surface area contributed by atoms with Gasteiger partial charge in [-0.2, -0.15) is 0 Å². The molecule has 0 aliphatic rings. The van der Waals surface area contributed by atoms with Crippen LogP contribution in [0.25, 0.3) is 76.4 Å². The van der Waals surface area contributed by atoms with E-state index in [-0.39, 0.29) is 0 Å². The summed E-state index contributed by atoms with van der Waals surface area (Å²) < 4.78 is 4.79. The van der Waals surface area contributed by atoms with Gasteiger partial charge in [-0.25, -0.2) is 0 Å². The molecule has 4 aromatic carbocycles. The van der Waals surface area contributed by atoms with Crippen molar-refractivity contribution in [2.24, 2.45) is 0 Å². The monoisotopic (exact) mass is 458 g/mol. The molecule has 0 aliphatic carbocycles. The van der Waals surface area contributed by atoms with Gasteiger partial charge < -0.3 is 8.97 Å². The molecule has 0 N–H and O–H groups in total. The number of aromatic nitrogens is 4. The molecule has 0 unspecified atom stereocenters. The Balaban J connectivity index is 1.67. The first-order valence-corrected chi connectivity index (χ1v) is 12.2. The topological polar surface area (TPSA) is 35.1 Å². The van der Waals surface area contributed by atoms with Crippen molar-refractivity contribution in [3.63, 3.8) is 0 Å². The van der Waals surface area contributed by atoms with Crippen LogP contribution in [-0.4, -0.2) is 18.9 Å². The molecule has 5 heterocycles. The Bertz CT molecular complexity index is 2310. The smallest absolute Gasteiger partial charge is 0.0726 e. The van der Waals surface area contributed by atoms with E-state index in [0.717, 1.165) is 16.7 Å². The summed E-state index contributed by atoms with van der Waals surface area (Å²) in [6.45, 7) is 0. The van der Waals surface area contributed by atoms with Gasteiger partial charge in [-0.1, -0.05) is 42.5 Å². The minimum Gasteiger partial charge on any atom is -0.309 e. The first-order chi connectivity index (χ1) is 17.9. The minimum absolute atomic E-state index is 1.11. The SMILES string of the molecule is c1ccc(-n2c3cc4ccccc4cc3c3cc4c5ccncc5n5c6cnccc6c(c32)c45)cc1. The lowest BCUT2D eigenvalue weighted by atomic mass is 10.0. The summed E-state index contributed by atoms with van der Waals surface area (Å²) in [4.78, 5) is 8.98. The Morgan fingerprint density at radius 1 is 0.500 bits per heavy atom. The third-order valence-electron chi connectivity index (χ3n) is 7.77. The first kappa shape index (κ1) is 18.4. The molecule has 0 bridgehead atoms. The van der Waals surface area contributed by atoms with Crippen molar-refractivity contribution in [2.45, 2.75) is 0 Å². The number of rotatable bonds is 1. The molecule has 36 heavy (non-hydrogen) atoms. The quantitative estimate of drug-likeness (QED) is 0.251. The van der Waals surface area contributed by atoms with Gasteiger partial charge in [0.15, 0.2) is 0 Å². The molecule has 0 amide bonds. The van der Waals surface area contributed by atoms with Crippen LogP contribution in [-0.2, 0) is 0 Å². The molecule has 166 valence electrons. The lowest BCUT2D eigenvalue weighted by Crippen LogP contribution is -1.93. The summed E-state index contributed by atoms with van der Waals surface area (Å²) in [5.74, 6) is 0. The standard InChI is InChI=1S/C32H18N4/c1-2-8-21(9-3-1)35-27-15-20-7-5-4-6-19(20)14-24(27)26-16-25-22-10-12-33-17-28(22)36-29-18-34-13-11-23(29)30(31(26)35)32(25)36/h1-18H. The van der Waals surface area contributed by atoms with Gasteiger partial charge in [0.1, 0.15) is 0 Å². The number of nitrogens with zero attached hydrogens (tertiary/aromatic N) is 4. The summed E-state index contributed by atoms with van der Waals surface area (Å²) in [6, 6.07) is 30.7. The van der Waals surface area contributed by atoms with Gasteiger partial charge in [0.05, 0.1) is 40.0 Å². The van der Waals surface area contributed by atoms with Crippen molar-refractivity contribution in [2.75, 3.05) is 0 Å². The normalized spacial score (nSPS) is 12.4. The van der Waals surface area contributed by atoms with E-state index in [9.17, 15) is 0 Å². The maximum Gasteiger partial charge on any atom is 0.0726 e. The molecule has 0 radical (unpaired) electrons. The van der Waals surface area contributed by atoms with Crippen LogP contribution in [0.3, 0.4) is 0 Å². The van der Waals surface area contributed by atoms with Crippen molar-refractivity contribution in [3.8, 4) is 5.69 Å². The third kappa shape index (κ3) is 2.11. The van der Waals surface area contributed by atoms with Gasteiger partial charge in [0, 0.05) is 50.4 Å². The number of fused-ring (bicyclic) bond motifs is 11. The minimum atomic E-state index is 1.11. The highest BCUT2D eigenvalue weighted by atomic mass is 15.0. The van der Waals surface area contributed by atoms with E-state index in [1.165, 1.54) is 59.6 Å². The number of pyridine rings is 2. The van der Waals surface area contributed by atoms with Crippen LogP contribution in [0.15, 0.2) is 110 Å². The number of para-hydroxylation sites is 1. The van der Waals surface area contributed by atoms with Crippen molar-refractivity contribution >= 4 is 70.7 Å². The molecule has 4 heteroatoms. The van der Waals surface area contributed by atoms with E-state index in [1.54, 1.807) is 0 Å². The van der Waals surface area contributed by atoms with Crippen LogP contribution in [0.2, 0.25) is 0 Å². The summed E-state index contributed by atoms with van der Waals surface area (Å²) in [6.07, 6.45) is 7.75. The second-order valence-corrected chi connectivity index (χ2v) is 9.55. The fourth-order valence-electron chi connectivity index (χ4n) is 6.33. The fraction of sp³-hybridized carbons (Fsp3) is 0. The molecule has 0 fully saturated rings. The number of benzene rings is 4. The molecule has 0 saturated carbocycles. The zero-order chi connectivity index (χ0) is 23.4. The lowest BCUT2D eigenvalue weighted by molar-refractivity contribution is 1.19. The van der Waals surface area contributed by atoms with E-state index in [2.05, 4.69) is 104 Å². The average molecular weight is 459 g/mol. The summed E-state index contributed by atoms with van der Waals surface area (Å²) in [5.41, 5.74) is 7.09. The van der Waals surface area contributed by atoms with E-state index in [1.807, 2.05) is 24.8 Å². The third-order valence-corrected chi connectivity index (χ3v) is 7.77. The molecule has 5 aromatic heterocycles. The van der Waals surface area contributed by atoms with Crippen LogP contribution < -0.4 is 0 Å². The molecular weight excluding hydrogens is 440 g/mol. The molecular formula is C32H18N4. The molecule has 0 saturated heterocycles. The fourth-order valence-corrected chi connectivity index (χ4v) is 6.33. The maximum atomic E-state index is 4.51. The predicted octanol–water partition coefficient (Wildman–Crippen LogP) is 7.88. The van der Waals surface area contributed by atoms with Crippen molar-refractivity contribution in [3.05, 3.63) is 110 Å². The Hall–Kier alpha value is -4.96. The van der Waals surface area contributed by atoms with Gasteiger partial charge in [-0.05, 0) is 53.2 Å².